The minimum atomic E-state index is -0.505. The molecule has 0 unspecified atom stereocenters. The fourth-order valence-electron chi connectivity index (χ4n) is 3.42. The van der Waals surface area contributed by atoms with Crippen LogP contribution >= 0.6 is 0 Å². The Hall–Kier alpha value is -3.26. The first-order chi connectivity index (χ1) is 13.9. The predicted octanol–water partition coefficient (Wildman–Crippen LogP) is 2.20. The molecule has 0 atom stereocenters. The van der Waals surface area contributed by atoms with E-state index < -0.39 is 5.91 Å². The van der Waals surface area contributed by atoms with Gasteiger partial charge >= 0.3 is 0 Å². The van der Waals surface area contributed by atoms with Crippen LogP contribution in [0.15, 0.2) is 39.5 Å². The van der Waals surface area contributed by atoms with Crippen LogP contribution in [0, 0.1) is 13.8 Å². The second kappa shape index (κ2) is 7.63. The summed E-state index contributed by atoms with van der Waals surface area (Å²) in [5, 5.41) is 3.24. The van der Waals surface area contributed by atoms with Crippen LogP contribution in [0.5, 0.6) is 0 Å². The number of carbonyl (C=O) groups is 1. The van der Waals surface area contributed by atoms with Gasteiger partial charge in [0, 0.05) is 32.2 Å². The SMILES string of the molecule is Cc1nc(N2CCN(C)CC2)nc(C)c1NC(=O)c1cc(=O)c2ccccc2o1. The summed E-state index contributed by atoms with van der Waals surface area (Å²) >= 11 is 0. The average molecular weight is 393 g/mol. The first-order valence-electron chi connectivity index (χ1n) is 9.55. The molecule has 0 aliphatic carbocycles. The van der Waals surface area contributed by atoms with Crippen LogP contribution < -0.4 is 15.6 Å². The molecular weight excluding hydrogens is 370 g/mol. The number of likely N-dealkylation sites (N-methyl/N-ethyl adjacent to an activating group) is 1. The number of hydrogen-bond acceptors (Lipinski definition) is 7. The third kappa shape index (κ3) is 3.84. The molecule has 1 aromatic carbocycles. The molecule has 0 spiro atoms. The number of nitrogens with zero attached hydrogens (tertiary/aromatic N) is 4. The molecule has 1 fully saturated rings. The van der Waals surface area contributed by atoms with Gasteiger partial charge in [0.15, 0.2) is 11.2 Å². The van der Waals surface area contributed by atoms with Gasteiger partial charge in [-0.05, 0) is 33.0 Å². The monoisotopic (exact) mass is 393 g/mol. The molecule has 1 N–H and O–H groups in total. The van der Waals surface area contributed by atoms with Gasteiger partial charge in [0.1, 0.15) is 5.58 Å². The van der Waals surface area contributed by atoms with E-state index in [9.17, 15) is 9.59 Å². The van der Waals surface area contributed by atoms with Crippen LogP contribution in [0.4, 0.5) is 11.6 Å². The van der Waals surface area contributed by atoms with E-state index in [1.807, 2.05) is 13.8 Å². The van der Waals surface area contributed by atoms with Crippen LogP contribution in [0.25, 0.3) is 11.0 Å². The van der Waals surface area contributed by atoms with E-state index in [0.29, 0.717) is 34.0 Å². The molecule has 8 nitrogen and oxygen atoms in total. The minimum absolute atomic E-state index is 0.0457. The molecule has 0 saturated carbocycles. The lowest BCUT2D eigenvalue weighted by atomic mass is 10.2. The Bertz CT molecular complexity index is 1110. The molecule has 2 aromatic heterocycles. The molecule has 3 aromatic rings. The van der Waals surface area contributed by atoms with Gasteiger partial charge in [0.25, 0.3) is 5.91 Å². The van der Waals surface area contributed by atoms with E-state index in [2.05, 4.69) is 32.1 Å². The van der Waals surface area contributed by atoms with Gasteiger partial charge in [-0.1, -0.05) is 12.1 Å². The van der Waals surface area contributed by atoms with Crippen LogP contribution in [0.3, 0.4) is 0 Å². The first kappa shape index (κ1) is 19.1. The number of rotatable bonds is 3. The van der Waals surface area contributed by atoms with Gasteiger partial charge in [0.05, 0.1) is 22.5 Å². The second-order valence-corrected chi connectivity index (χ2v) is 7.28. The molecule has 29 heavy (non-hydrogen) atoms. The maximum atomic E-state index is 12.7. The molecule has 1 aliphatic rings. The van der Waals surface area contributed by atoms with Crippen LogP contribution in [-0.2, 0) is 0 Å². The largest absolute Gasteiger partial charge is 0.451 e. The smallest absolute Gasteiger partial charge is 0.291 e. The summed E-state index contributed by atoms with van der Waals surface area (Å²) in [5.74, 6) is 0.119. The number of amides is 1. The molecule has 0 radical (unpaired) electrons. The molecule has 8 heteroatoms. The van der Waals surface area contributed by atoms with Crippen LogP contribution in [-0.4, -0.2) is 54.0 Å². The van der Waals surface area contributed by atoms with Crippen molar-refractivity contribution in [3.05, 3.63) is 57.7 Å². The molecule has 4 rings (SSSR count). The molecule has 1 saturated heterocycles. The molecule has 150 valence electrons. The van der Waals surface area contributed by atoms with Gasteiger partial charge in [-0.3, -0.25) is 9.59 Å². The highest BCUT2D eigenvalue weighted by Gasteiger charge is 2.20. The topological polar surface area (TPSA) is 91.6 Å². The maximum absolute atomic E-state index is 12.7. The molecule has 0 bridgehead atoms. The van der Waals surface area contributed by atoms with Crippen molar-refractivity contribution >= 4 is 28.5 Å². The average Bonchev–Trinajstić information content (AvgIpc) is 2.71. The normalized spacial score (nSPS) is 14.9. The van der Waals surface area contributed by atoms with Crippen molar-refractivity contribution in [2.75, 3.05) is 43.4 Å². The summed E-state index contributed by atoms with van der Waals surface area (Å²) < 4.78 is 5.62. The van der Waals surface area contributed by atoms with E-state index in [0.717, 1.165) is 26.2 Å². The maximum Gasteiger partial charge on any atom is 0.291 e. The summed E-state index contributed by atoms with van der Waals surface area (Å²) in [6.07, 6.45) is 0. The quantitative estimate of drug-likeness (QED) is 0.729. The molecule has 3 heterocycles. The van der Waals surface area contributed by atoms with Gasteiger partial charge < -0.3 is 19.5 Å². The zero-order valence-corrected chi connectivity index (χ0v) is 16.7. The van der Waals surface area contributed by atoms with E-state index in [1.165, 1.54) is 6.07 Å². The number of aryl methyl sites for hydroxylation is 2. The number of para-hydroxylation sites is 1. The van der Waals surface area contributed by atoms with E-state index in [-0.39, 0.29) is 11.2 Å². The number of piperazine rings is 1. The lowest BCUT2D eigenvalue weighted by molar-refractivity contribution is 0.0997. The summed E-state index contributed by atoms with van der Waals surface area (Å²) in [4.78, 5) is 38.6. The minimum Gasteiger partial charge on any atom is -0.451 e. The van der Waals surface area contributed by atoms with Gasteiger partial charge in [-0.15, -0.1) is 0 Å². The number of nitrogens with one attached hydrogen (secondary N) is 1. The van der Waals surface area contributed by atoms with Gasteiger partial charge in [-0.2, -0.15) is 0 Å². The van der Waals surface area contributed by atoms with E-state index >= 15 is 0 Å². The van der Waals surface area contributed by atoms with Crippen LogP contribution in [0.2, 0.25) is 0 Å². The van der Waals surface area contributed by atoms with Gasteiger partial charge in [0.2, 0.25) is 5.95 Å². The Morgan fingerprint density at radius 1 is 1.07 bits per heavy atom. The third-order valence-electron chi connectivity index (χ3n) is 5.14. The fraction of sp³-hybridized carbons (Fsp3) is 0.333. The predicted molar refractivity (Wildman–Crippen MR) is 112 cm³/mol. The van der Waals surface area contributed by atoms with Crippen molar-refractivity contribution in [1.29, 1.82) is 0 Å². The summed E-state index contributed by atoms with van der Waals surface area (Å²) in [6.45, 7) is 7.31. The van der Waals surface area contributed by atoms with Crippen molar-refractivity contribution < 1.29 is 9.21 Å². The second-order valence-electron chi connectivity index (χ2n) is 7.28. The highest BCUT2D eigenvalue weighted by Crippen LogP contribution is 2.22. The van der Waals surface area contributed by atoms with Crippen molar-refractivity contribution in [1.82, 2.24) is 14.9 Å². The number of carbonyl (C=O) groups excluding carboxylic acids is 1. The Morgan fingerprint density at radius 2 is 1.72 bits per heavy atom. The number of benzene rings is 1. The van der Waals surface area contributed by atoms with E-state index in [4.69, 9.17) is 4.42 Å². The zero-order valence-electron chi connectivity index (χ0n) is 16.7. The summed E-state index contributed by atoms with van der Waals surface area (Å²) in [7, 11) is 2.10. The number of fused-ring (bicyclic) bond motifs is 1. The summed E-state index contributed by atoms with van der Waals surface area (Å²) in [6, 6.07) is 8.05. The van der Waals surface area contributed by atoms with Crippen molar-refractivity contribution in [3.63, 3.8) is 0 Å². The van der Waals surface area contributed by atoms with Gasteiger partial charge in [-0.25, -0.2) is 9.97 Å². The summed E-state index contributed by atoms with van der Waals surface area (Å²) in [5.41, 5.74) is 1.99. The van der Waals surface area contributed by atoms with Crippen molar-refractivity contribution in [2.45, 2.75) is 13.8 Å². The molecule has 1 aliphatic heterocycles. The Morgan fingerprint density at radius 3 is 2.41 bits per heavy atom. The highest BCUT2D eigenvalue weighted by atomic mass is 16.3. The van der Waals surface area contributed by atoms with Crippen molar-refractivity contribution in [3.8, 4) is 0 Å². The number of anilines is 2. The fourth-order valence-corrected chi connectivity index (χ4v) is 3.42. The highest BCUT2D eigenvalue weighted by molar-refractivity contribution is 6.03. The lowest BCUT2D eigenvalue weighted by Crippen LogP contribution is -2.45. The number of aromatic nitrogens is 2. The Kier molecular flexibility index (Phi) is 5.02. The van der Waals surface area contributed by atoms with Crippen molar-refractivity contribution in [2.24, 2.45) is 0 Å². The lowest BCUT2D eigenvalue weighted by Gasteiger charge is -2.32. The van der Waals surface area contributed by atoms with Crippen LogP contribution in [0.1, 0.15) is 21.9 Å². The number of hydrogen-bond donors (Lipinski definition) is 1. The Labute approximate surface area is 168 Å². The third-order valence-corrected chi connectivity index (χ3v) is 5.14. The molecular formula is C21H23N5O3. The molecule has 1 amide bonds. The standard InChI is InChI=1S/C21H23N5O3/c1-13-19(14(2)23-21(22-13)26-10-8-25(3)9-11-26)24-20(28)18-12-16(27)15-6-4-5-7-17(15)29-18/h4-7,12H,8-11H2,1-3H3,(H,24,28). The Balaban J connectivity index is 1.59. The zero-order chi connectivity index (χ0) is 20.5. The first-order valence-corrected chi connectivity index (χ1v) is 9.55. The van der Waals surface area contributed by atoms with E-state index in [1.54, 1.807) is 24.3 Å².